The Bertz CT molecular complexity index is 531. The largest absolute Gasteiger partial charge is 0.391 e. The molecule has 1 aromatic heterocycles. The van der Waals surface area contributed by atoms with Crippen LogP contribution < -0.4 is 5.32 Å². The molecular formula is C12H12BrN3O. The van der Waals surface area contributed by atoms with E-state index >= 15 is 0 Å². The normalized spacial score (nSPS) is 10.3. The van der Waals surface area contributed by atoms with Gasteiger partial charge in [0.1, 0.15) is 11.6 Å². The molecule has 0 saturated carbocycles. The fourth-order valence-electron chi connectivity index (χ4n) is 1.41. The third kappa shape index (κ3) is 2.81. The first-order valence-corrected chi connectivity index (χ1v) is 5.95. The van der Waals surface area contributed by atoms with Gasteiger partial charge in [-0.25, -0.2) is 9.97 Å². The molecule has 0 aliphatic carbocycles. The molecule has 0 fully saturated rings. The second kappa shape index (κ2) is 5.25. The number of hydrogen-bond acceptors (Lipinski definition) is 4. The molecular weight excluding hydrogens is 282 g/mol. The lowest BCUT2D eigenvalue weighted by atomic mass is 10.3. The number of aliphatic hydroxyl groups is 1. The average molecular weight is 294 g/mol. The van der Waals surface area contributed by atoms with Crippen LogP contribution in [0, 0.1) is 6.92 Å². The molecule has 0 radical (unpaired) electrons. The fourth-order valence-corrected chi connectivity index (χ4v) is 1.79. The van der Waals surface area contributed by atoms with Gasteiger partial charge in [0.05, 0.1) is 12.3 Å². The minimum Gasteiger partial charge on any atom is -0.391 e. The third-order valence-electron chi connectivity index (χ3n) is 2.28. The van der Waals surface area contributed by atoms with Crippen LogP contribution in [0.25, 0.3) is 0 Å². The highest BCUT2D eigenvalue weighted by atomic mass is 79.9. The number of anilines is 2. The summed E-state index contributed by atoms with van der Waals surface area (Å²) in [6, 6.07) is 7.74. The molecule has 0 aliphatic rings. The number of benzene rings is 1. The maximum absolute atomic E-state index is 9.22. The molecule has 88 valence electrons. The van der Waals surface area contributed by atoms with E-state index in [2.05, 4.69) is 31.2 Å². The highest BCUT2D eigenvalue weighted by molar-refractivity contribution is 9.10. The minimum atomic E-state index is -0.0902. The van der Waals surface area contributed by atoms with Crippen molar-refractivity contribution in [1.29, 1.82) is 0 Å². The van der Waals surface area contributed by atoms with E-state index in [4.69, 9.17) is 0 Å². The third-order valence-corrected chi connectivity index (χ3v) is 2.97. The molecule has 4 nitrogen and oxygen atoms in total. The maximum atomic E-state index is 9.22. The van der Waals surface area contributed by atoms with Crippen LogP contribution in [0.4, 0.5) is 11.5 Å². The number of halogens is 1. The number of nitrogens with zero attached hydrogens (tertiary/aromatic N) is 2. The van der Waals surface area contributed by atoms with Crippen molar-refractivity contribution in [2.24, 2.45) is 0 Å². The Labute approximate surface area is 108 Å². The van der Waals surface area contributed by atoms with Gasteiger partial charge in [-0.2, -0.15) is 0 Å². The number of hydrogen-bond donors (Lipinski definition) is 2. The van der Waals surface area contributed by atoms with Gasteiger partial charge >= 0.3 is 0 Å². The number of aryl methyl sites for hydroxylation is 1. The summed E-state index contributed by atoms with van der Waals surface area (Å²) in [4.78, 5) is 8.33. The second-order valence-corrected chi connectivity index (χ2v) is 4.41. The molecule has 5 heteroatoms. The van der Waals surface area contributed by atoms with Crippen molar-refractivity contribution in [3.8, 4) is 0 Å². The predicted octanol–water partition coefficient (Wildman–Crippen LogP) is 2.78. The highest BCUT2D eigenvalue weighted by Gasteiger charge is 2.06. The molecule has 1 aromatic carbocycles. The molecule has 2 rings (SSSR count). The van der Waals surface area contributed by atoms with Gasteiger partial charge in [0.15, 0.2) is 0 Å². The quantitative estimate of drug-likeness (QED) is 0.914. The molecule has 0 amide bonds. The van der Waals surface area contributed by atoms with Crippen molar-refractivity contribution in [2.45, 2.75) is 13.5 Å². The lowest BCUT2D eigenvalue weighted by molar-refractivity contribution is 0.281. The van der Waals surface area contributed by atoms with Crippen molar-refractivity contribution >= 4 is 27.4 Å². The SMILES string of the molecule is Cc1ncc(CO)c(Nc2ccccc2Br)n1. The Hall–Kier alpha value is -1.46. The number of nitrogens with one attached hydrogen (secondary N) is 1. The smallest absolute Gasteiger partial charge is 0.139 e. The molecule has 0 saturated heterocycles. The second-order valence-electron chi connectivity index (χ2n) is 3.55. The van der Waals surface area contributed by atoms with Crippen LogP contribution in [0.3, 0.4) is 0 Å². The zero-order chi connectivity index (χ0) is 12.3. The van der Waals surface area contributed by atoms with Crippen LogP contribution in [0.2, 0.25) is 0 Å². The number of aliphatic hydroxyl groups excluding tert-OH is 1. The van der Waals surface area contributed by atoms with Crippen LogP contribution in [-0.4, -0.2) is 15.1 Å². The molecule has 2 aromatic rings. The van der Waals surface area contributed by atoms with Crippen molar-refractivity contribution in [3.05, 3.63) is 46.3 Å². The van der Waals surface area contributed by atoms with E-state index in [9.17, 15) is 5.11 Å². The van der Waals surface area contributed by atoms with Crippen LogP contribution in [-0.2, 0) is 6.61 Å². The number of para-hydroxylation sites is 1. The first-order chi connectivity index (χ1) is 8.20. The maximum Gasteiger partial charge on any atom is 0.139 e. The molecule has 0 atom stereocenters. The van der Waals surface area contributed by atoms with Gasteiger partial charge in [-0.1, -0.05) is 12.1 Å². The number of rotatable bonds is 3. The summed E-state index contributed by atoms with van der Waals surface area (Å²) < 4.78 is 0.945. The van der Waals surface area contributed by atoms with Crippen LogP contribution in [0.1, 0.15) is 11.4 Å². The Balaban J connectivity index is 2.35. The van der Waals surface area contributed by atoms with Gasteiger partial charge in [0, 0.05) is 16.2 Å². The Morgan fingerprint density at radius 1 is 1.35 bits per heavy atom. The van der Waals surface area contributed by atoms with E-state index in [1.807, 2.05) is 31.2 Å². The molecule has 17 heavy (non-hydrogen) atoms. The Morgan fingerprint density at radius 2 is 2.12 bits per heavy atom. The zero-order valence-corrected chi connectivity index (χ0v) is 10.9. The Morgan fingerprint density at radius 3 is 2.82 bits per heavy atom. The van der Waals surface area contributed by atoms with E-state index in [-0.39, 0.29) is 6.61 Å². The molecule has 0 aliphatic heterocycles. The summed E-state index contributed by atoms with van der Waals surface area (Å²) >= 11 is 3.45. The van der Waals surface area contributed by atoms with Gasteiger partial charge < -0.3 is 10.4 Å². The van der Waals surface area contributed by atoms with E-state index < -0.39 is 0 Å². The first kappa shape index (κ1) is 12.0. The summed E-state index contributed by atoms with van der Waals surface area (Å²) in [7, 11) is 0. The standard InChI is InChI=1S/C12H12BrN3O/c1-8-14-6-9(7-17)12(15-8)16-11-5-3-2-4-10(11)13/h2-6,17H,7H2,1H3,(H,14,15,16). The molecule has 0 unspecified atom stereocenters. The van der Waals surface area contributed by atoms with E-state index in [0.717, 1.165) is 10.2 Å². The highest BCUT2D eigenvalue weighted by Crippen LogP contribution is 2.25. The van der Waals surface area contributed by atoms with Crippen LogP contribution >= 0.6 is 15.9 Å². The fraction of sp³-hybridized carbons (Fsp3) is 0.167. The topological polar surface area (TPSA) is 58.0 Å². The van der Waals surface area contributed by atoms with Crippen molar-refractivity contribution in [2.75, 3.05) is 5.32 Å². The lowest BCUT2D eigenvalue weighted by Crippen LogP contribution is -2.02. The van der Waals surface area contributed by atoms with Crippen molar-refractivity contribution in [1.82, 2.24) is 9.97 Å². The van der Waals surface area contributed by atoms with E-state index in [1.165, 1.54) is 0 Å². The lowest BCUT2D eigenvalue weighted by Gasteiger charge is -2.11. The summed E-state index contributed by atoms with van der Waals surface area (Å²) in [6.45, 7) is 1.72. The average Bonchev–Trinajstić information content (AvgIpc) is 2.32. The molecule has 1 heterocycles. The van der Waals surface area contributed by atoms with Crippen LogP contribution in [0.15, 0.2) is 34.9 Å². The van der Waals surface area contributed by atoms with Gasteiger partial charge in [-0.3, -0.25) is 0 Å². The zero-order valence-electron chi connectivity index (χ0n) is 9.31. The Kier molecular flexibility index (Phi) is 3.71. The summed E-state index contributed by atoms with van der Waals surface area (Å²) in [6.07, 6.45) is 1.63. The molecule has 0 spiro atoms. The van der Waals surface area contributed by atoms with Crippen molar-refractivity contribution < 1.29 is 5.11 Å². The van der Waals surface area contributed by atoms with Gasteiger partial charge in [0.2, 0.25) is 0 Å². The van der Waals surface area contributed by atoms with Gasteiger partial charge in [-0.15, -0.1) is 0 Å². The molecule has 2 N–H and O–H groups in total. The molecule has 0 bridgehead atoms. The van der Waals surface area contributed by atoms with Gasteiger partial charge in [0.25, 0.3) is 0 Å². The summed E-state index contributed by atoms with van der Waals surface area (Å²) in [5, 5.41) is 12.4. The van der Waals surface area contributed by atoms with E-state index in [1.54, 1.807) is 6.20 Å². The number of aromatic nitrogens is 2. The van der Waals surface area contributed by atoms with Crippen LogP contribution in [0.5, 0.6) is 0 Å². The van der Waals surface area contributed by atoms with Crippen molar-refractivity contribution in [3.63, 3.8) is 0 Å². The predicted molar refractivity (Wildman–Crippen MR) is 70.1 cm³/mol. The van der Waals surface area contributed by atoms with Gasteiger partial charge in [-0.05, 0) is 35.0 Å². The van der Waals surface area contributed by atoms with E-state index in [0.29, 0.717) is 17.2 Å². The summed E-state index contributed by atoms with van der Waals surface area (Å²) in [5.41, 5.74) is 1.58. The summed E-state index contributed by atoms with van der Waals surface area (Å²) in [5.74, 6) is 1.30. The first-order valence-electron chi connectivity index (χ1n) is 5.15. The minimum absolute atomic E-state index is 0.0902. The monoisotopic (exact) mass is 293 g/mol.